The second-order valence-electron chi connectivity index (χ2n) is 7.66. The van der Waals surface area contributed by atoms with Crippen LogP contribution in [0.4, 0.5) is 0 Å². The van der Waals surface area contributed by atoms with Gasteiger partial charge in [0.25, 0.3) is 0 Å². The van der Waals surface area contributed by atoms with Gasteiger partial charge in [0.05, 0.1) is 0 Å². The van der Waals surface area contributed by atoms with Crippen LogP contribution in [-0.4, -0.2) is 34.3 Å². The Balaban J connectivity index is 2.22. The Morgan fingerprint density at radius 2 is 1.76 bits per heavy atom. The van der Waals surface area contributed by atoms with Crippen LogP contribution in [0, 0.1) is 5.92 Å². The molecule has 21 heavy (non-hydrogen) atoms. The van der Waals surface area contributed by atoms with Gasteiger partial charge in [-0.25, -0.2) is 0 Å². The molecule has 2 fully saturated rings. The fraction of sp³-hybridized carbons (Fsp3) is 0.882. The number of rotatable bonds is 4. The summed E-state index contributed by atoms with van der Waals surface area (Å²) >= 11 is 0. The first-order chi connectivity index (χ1) is 9.79. The molecule has 0 bridgehead atoms. The van der Waals surface area contributed by atoms with E-state index in [0.717, 1.165) is 38.5 Å². The average molecular weight is 294 g/mol. The minimum Gasteiger partial charge on any atom is -0.340 e. The molecule has 2 rings (SSSR count). The number of hydrogen-bond acceptors (Lipinski definition) is 2. The summed E-state index contributed by atoms with van der Waals surface area (Å²) in [7, 11) is 0. The Hall–Kier alpha value is -1.06. The molecule has 2 amide bonds. The SMILES string of the molecule is CC(C)CCCN1C(=O)C(C)(C)NC(=O)C12CCCCC2. The van der Waals surface area contributed by atoms with Gasteiger partial charge >= 0.3 is 0 Å². The molecule has 0 atom stereocenters. The second kappa shape index (κ2) is 5.98. The summed E-state index contributed by atoms with van der Waals surface area (Å²) < 4.78 is 0. The lowest BCUT2D eigenvalue weighted by Gasteiger charge is -2.52. The van der Waals surface area contributed by atoms with Gasteiger partial charge in [0.15, 0.2) is 0 Å². The summed E-state index contributed by atoms with van der Waals surface area (Å²) in [6, 6.07) is 0. The zero-order valence-electron chi connectivity index (χ0n) is 14.0. The van der Waals surface area contributed by atoms with E-state index in [4.69, 9.17) is 0 Å². The molecule has 1 N–H and O–H groups in total. The quantitative estimate of drug-likeness (QED) is 0.866. The maximum Gasteiger partial charge on any atom is 0.248 e. The van der Waals surface area contributed by atoms with Gasteiger partial charge in [-0.1, -0.05) is 33.1 Å². The lowest BCUT2D eigenvalue weighted by Crippen LogP contribution is -2.74. The smallest absolute Gasteiger partial charge is 0.248 e. The second-order valence-corrected chi connectivity index (χ2v) is 7.66. The van der Waals surface area contributed by atoms with Crippen LogP contribution in [-0.2, 0) is 9.59 Å². The molecule has 0 unspecified atom stereocenters. The molecular formula is C17H30N2O2. The molecule has 0 aromatic carbocycles. The summed E-state index contributed by atoms with van der Waals surface area (Å²) in [4.78, 5) is 27.5. The maximum atomic E-state index is 12.9. The number of piperazine rings is 1. The van der Waals surface area contributed by atoms with Gasteiger partial charge in [0, 0.05) is 6.54 Å². The number of carbonyl (C=O) groups is 2. The highest BCUT2D eigenvalue weighted by Crippen LogP contribution is 2.38. The van der Waals surface area contributed by atoms with E-state index < -0.39 is 11.1 Å². The van der Waals surface area contributed by atoms with Gasteiger partial charge in [0.1, 0.15) is 11.1 Å². The summed E-state index contributed by atoms with van der Waals surface area (Å²) in [5, 5.41) is 2.96. The fourth-order valence-corrected chi connectivity index (χ4v) is 3.71. The zero-order valence-corrected chi connectivity index (χ0v) is 14.0. The van der Waals surface area contributed by atoms with Crippen molar-refractivity contribution in [1.82, 2.24) is 10.2 Å². The molecule has 1 aliphatic heterocycles. The third-order valence-electron chi connectivity index (χ3n) is 4.99. The van der Waals surface area contributed by atoms with Crippen LogP contribution >= 0.6 is 0 Å². The van der Waals surface area contributed by atoms with E-state index in [2.05, 4.69) is 19.2 Å². The molecule has 0 radical (unpaired) electrons. The van der Waals surface area contributed by atoms with Gasteiger partial charge in [-0.05, 0) is 45.4 Å². The molecule has 4 heteroatoms. The van der Waals surface area contributed by atoms with Crippen molar-refractivity contribution >= 4 is 11.8 Å². The van der Waals surface area contributed by atoms with Crippen molar-refractivity contribution in [2.45, 2.75) is 83.7 Å². The van der Waals surface area contributed by atoms with Crippen molar-refractivity contribution in [3.8, 4) is 0 Å². The molecule has 2 aliphatic rings. The van der Waals surface area contributed by atoms with E-state index in [1.807, 2.05) is 18.7 Å². The van der Waals surface area contributed by atoms with Crippen molar-refractivity contribution in [3.63, 3.8) is 0 Å². The molecular weight excluding hydrogens is 264 g/mol. The van der Waals surface area contributed by atoms with Crippen molar-refractivity contribution < 1.29 is 9.59 Å². The van der Waals surface area contributed by atoms with Crippen LogP contribution < -0.4 is 5.32 Å². The molecule has 1 saturated carbocycles. The first-order valence-electron chi connectivity index (χ1n) is 8.44. The monoisotopic (exact) mass is 294 g/mol. The van der Waals surface area contributed by atoms with Crippen LogP contribution in [0.5, 0.6) is 0 Å². The van der Waals surface area contributed by atoms with Crippen molar-refractivity contribution in [3.05, 3.63) is 0 Å². The average Bonchev–Trinajstić information content (AvgIpc) is 2.41. The number of nitrogens with zero attached hydrogens (tertiary/aromatic N) is 1. The third kappa shape index (κ3) is 3.09. The number of carbonyl (C=O) groups excluding carboxylic acids is 2. The highest BCUT2D eigenvalue weighted by Gasteiger charge is 2.54. The molecule has 0 aromatic heterocycles. The predicted molar refractivity (Wildman–Crippen MR) is 83.8 cm³/mol. The first kappa shape index (κ1) is 16.3. The third-order valence-corrected chi connectivity index (χ3v) is 4.99. The number of hydrogen-bond donors (Lipinski definition) is 1. The maximum absolute atomic E-state index is 12.9. The summed E-state index contributed by atoms with van der Waals surface area (Å²) in [5.41, 5.74) is -1.33. The van der Waals surface area contributed by atoms with Crippen molar-refractivity contribution in [2.75, 3.05) is 6.54 Å². The van der Waals surface area contributed by atoms with E-state index in [-0.39, 0.29) is 11.8 Å². The predicted octanol–water partition coefficient (Wildman–Crippen LogP) is 2.86. The normalized spacial score (nSPS) is 24.5. The fourth-order valence-electron chi connectivity index (χ4n) is 3.71. The van der Waals surface area contributed by atoms with E-state index in [0.29, 0.717) is 12.5 Å². The van der Waals surface area contributed by atoms with Gasteiger partial charge in [-0.3, -0.25) is 9.59 Å². The number of amides is 2. The number of nitrogens with one attached hydrogen (secondary N) is 1. The Kier molecular flexibility index (Phi) is 4.64. The minimum absolute atomic E-state index is 0.0661. The largest absolute Gasteiger partial charge is 0.340 e. The van der Waals surface area contributed by atoms with Crippen LogP contribution in [0.25, 0.3) is 0 Å². The first-order valence-corrected chi connectivity index (χ1v) is 8.44. The van der Waals surface area contributed by atoms with Crippen molar-refractivity contribution in [1.29, 1.82) is 0 Å². The van der Waals surface area contributed by atoms with Crippen LogP contribution in [0.3, 0.4) is 0 Å². The molecule has 0 aromatic rings. The van der Waals surface area contributed by atoms with E-state index >= 15 is 0 Å². The van der Waals surface area contributed by atoms with Crippen LogP contribution in [0.15, 0.2) is 0 Å². The lowest BCUT2D eigenvalue weighted by molar-refractivity contribution is -0.164. The van der Waals surface area contributed by atoms with E-state index in [9.17, 15) is 9.59 Å². The lowest BCUT2D eigenvalue weighted by atomic mass is 9.75. The Labute approximate surface area is 128 Å². The Bertz CT molecular complexity index is 409. The summed E-state index contributed by atoms with van der Waals surface area (Å²) in [5.74, 6) is 0.790. The van der Waals surface area contributed by atoms with Gasteiger partial charge in [0.2, 0.25) is 11.8 Å². The zero-order chi connectivity index (χ0) is 15.7. The molecule has 4 nitrogen and oxygen atoms in total. The van der Waals surface area contributed by atoms with Crippen LogP contribution in [0.2, 0.25) is 0 Å². The van der Waals surface area contributed by atoms with Gasteiger partial charge in [-0.2, -0.15) is 0 Å². The van der Waals surface area contributed by atoms with E-state index in [1.54, 1.807) is 0 Å². The summed E-state index contributed by atoms with van der Waals surface area (Å²) in [6.45, 7) is 8.75. The Morgan fingerprint density at radius 1 is 1.14 bits per heavy atom. The molecule has 120 valence electrons. The van der Waals surface area contributed by atoms with Crippen molar-refractivity contribution in [2.24, 2.45) is 5.92 Å². The highest BCUT2D eigenvalue weighted by molar-refractivity contribution is 6.01. The topological polar surface area (TPSA) is 49.4 Å². The summed E-state index contributed by atoms with van der Waals surface area (Å²) in [6.07, 6.45) is 6.98. The van der Waals surface area contributed by atoms with Crippen LogP contribution in [0.1, 0.15) is 72.6 Å². The molecule has 1 aliphatic carbocycles. The minimum atomic E-state index is -0.766. The standard InChI is InChI=1S/C17H30N2O2/c1-13(2)9-8-12-19-15(21)16(3,4)18-14(20)17(19)10-6-5-7-11-17/h13H,5-12H2,1-4H3,(H,18,20). The van der Waals surface area contributed by atoms with Gasteiger partial charge < -0.3 is 10.2 Å². The van der Waals surface area contributed by atoms with E-state index in [1.165, 1.54) is 6.42 Å². The van der Waals surface area contributed by atoms with Gasteiger partial charge in [-0.15, -0.1) is 0 Å². The molecule has 1 spiro atoms. The Morgan fingerprint density at radius 3 is 2.33 bits per heavy atom. The highest BCUT2D eigenvalue weighted by atomic mass is 16.2. The molecule has 1 saturated heterocycles. The molecule has 1 heterocycles.